The van der Waals surface area contributed by atoms with Crippen LogP contribution in [0.25, 0.3) is 0 Å². The number of halogens is 2. The summed E-state index contributed by atoms with van der Waals surface area (Å²) < 4.78 is 28.7. The summed E-state index contributed by atoms with van der Waals surface area (Å²) in [4.78, 5) is 6.74. The fourth-order valence-electron chi connectivity index (χ4n) is 0. The van der Waals surface area contributed by atoms with Gasteiger partial charge in [0.15, 0.2) is 0 Å². The molecule has 0 rings (SSSR count). The Labute approximate surface area is 76.0 Å². The molecule has 0 aliphatic carbocycles. The van der Waals surface area contributed by atoms with Crippen LogP contribution in [0, 0.1) is 0 Å². The van der Waals surface area contributed by atoms with E-state index in [2.05, 4.69) is 0 Å². The van der Waals surface area contributed by atoms with Crippen LogP contribution in [0.5, 0.6) is 0 Å². The van der Waals surface area contributed by atoms with Gasteiger partial charge in [0.1, 0.15) is 0 Å². The van der Waals surface area contributed by atoms with Gasteiger partial charge in [0.2, 0.25) is 0 Å². The first-order valence-corrected chi connectivity index (χ1v) is 2.16. The molecule has 0 aliphatic rings. The summed E-state index contributed by atoms with van der Waals surface area (Å²) in [6.07, 6.45) is 0. The Morgan fingerprint density at radius 2 is 1.50 bits per heavy atom. The largest absolute Gasteiger partial charge is 0.549 e. The molecule has 0 heterocycles. The van der Waals surface area contributed by atoms with Crippen LogP contribution in [0.2, 0.25) is 0 Å². The molecule has 0 bridgehead atoms. The Bertz CT molecular complexity index is 57.7. The smallest absolute Gasteiger partial charge is 0.296 e. The summed E-state index contributed by atoms with van der Waals surface area (Å²) in [6, 6.07) is 0. The first kappa shape index (κ1) is 10.6. The van der Waals surface area contributed by atoms with E-state index in [1.165, 1.54) is 0 Å². The van der Waals surface area contributed by atoms with Crippen molar-refractivity contribution >= 4 is 59.4 Å². The predicted molar refractivity (Wildman–Crippen MR) is 17.8 cm³/mol. The Morgan fingerprint density at radius 3 is 1.50 bits per heavy atom. The minimum atomic E-state index is -5.64. The van der Waals surface area contributed by atoms with Gasteiger partial charge in [-0.15, -0.1) is 8.39 Å². The average Bonchev–Trinajstić information content (AvgIpc) is 0.722. The third-order valence-electron chi connectivity index (χ3n) is 0. The van der Waals surface area contributed by atoms with Crippen LogP contribution >= 0.6 is 7.99 Å². The van der Waals surface area contributed by atoms with Crippen LogP contribution in [0.15, 0.2) is 0 Å². The minimum absolute atomic E-state index is 0. The summed E-state index contributed by atoms with van der Waals surface area (Å²) in [5.74, 6) is 0. The van der Waals surface area contributed by atoms with Gasteiger partial charge in [0, 0.05) is 51.4 Å². The maximum Gasteiger partial charge on any atom is 0.549 e. The molecule has 0 aromatic carbocycles. The zero-order valence-corrected chi connectivity index (χ0v) is 7.08. The zero-order chi connectivity index (χ0) is 4.50. The Hall–Kier alpha value is 1.69. The molecule has 2 nitrogen and oxygen atoms in total. The van der Waals surface area contributed by atoms with Gasteiger partial charge in [-0.1, -0.05) is 0 Å². The molecule has 6 heavy (non-hydrogen) atoms. The van der Waals surface area contributed by atoms with Gasteiger partial charge >= 0.3 is 7.99 Å². The fraction of sp³-hybridized carbons (Fsp3) is 0. The van der Waals surface area contributed by atoms with Gasteiger partial charge in [-0.25, -0.2) is 4.57 Å². The first-order valence-electron chi connectivity index (χ1n) is 0.721. The summed E-state index contributed by atoms with van der Waals surface area (Å²) in [5.41, 5.74) is 0. The third kappa shape index (κ3) is 43.9. The molecule has 33 valence electrons. The second-order valence-electron chi connectivity index (χ2n) is 0.435. The van der Waals surface area contributed by atoms with E-state index >= 15 is 0 Å². The van der Waals surface area contributed by atoms with E-state index in [1.807, 2.05) is 0 Å². The second kappa shape index (κ2) is 3.66. The van der Waals surface area contributed by atoms with Crippen LogP contribution in [-0.4, -0.2) is 56.3 Å². The first-order chi connectivity index (χ1) is 2.00. The molecule has 0 spiro atoms. The molecule has 0 atom stereocenters. The molecule has 1 N–H and O–H groups in total. The van der Waals surface area contributed by atoms with Crippen molar-refractivity contribution in [2.45, 2.75) is 0 Å². The van der Waals surface area contributed by atoms with Crippen molar-refractivity contribution in [2.24, 2.45) is 0 Å². The molecule has 0 aromatic heterocycles. The predicted octanol–water partition coefficient (Wildman–Crippen LogP) is 0.645. The van der Waals surface area contributed by atoms with Gasteiger partial charge in [-0.2, -0.15) is 0 Å². The molecule has 0 unspecified atom stereocenters. The van der Waals surface area contributed by atoms with Crippen molar-refractivity contribution in [3.63, 3.8) is 0 Å². The summed E-state index contributed by atoms with van der Waals surface area (Å²) in [5, 5.41) is 0. The SMILES string of the molecule is O=P(O)(F)F.[K]. The molecule has 0 aromatic rings. The van der Waals surface area contributed by atoms with Gasteiger partial charge in [-0.05, 0) is 0 Å². The van der Waals surface area contributed by atoms with E-state index in [0.29, 0.717) is 0 Å². The molecule has 0 fully saturated rings. The van der Waals surface area contributed by atoms with Crippen molar-refractivity contribution in [3.8, 4) is 0 Å². The van der Waals surface area contributed by atoms with Gasteiger partial charge < -0.3 is 0 Å². The van der Waals surface area contributed by atoms with E-state index in [9.17, 15) is 8.39 Å². The Kier molecular flexibility index (Phi) is 6.48. The van der Waals surface area contributed by atoms with Crippen LogP contribution in [-0.2, 0) is 4.57 Å². The van der Waals surface area contributed by atoms with E-state index < -0.39 is 7.99 Å². The van der Waals surface area contributed by atoms with E-state index in [4.69, 9.17) is 9.46 Å². The van der Waals surface area contributed by atoms with Crippen molar-refractivity contribution in [3.05, 3.63) is 0 Å². The van der Waals surface area contributed by atoms with Crippen molar-refractivity contribution in [1.29, 1.82) is 0 Å². The van der Waals surface area contributed by atoms with Gasteiger partial charge in [0.05, 0.1) is 0 Å². The van der Waals surface area contributed by atoms with E-state index in [0.717, 1.165) is 0 Å². The van der Waals surface area contributed by atoms with E-state index in [1.54, 1.807) is 0 Å². The topological polar surface area (TPSA) is 37.3 Å². The van der Waals surface area contributed by atoms with Crippen LogP contribution < -0.4 is 0 Å². The van der Waals surface area contributed by atoms with Crippen molar-refractivity contribution in [1.82, 2.24) is 0 Å². The molecular weight excluding hydrogens is 140 g/mol. The van der Waals surface area contributed by atoms with Crippen LogP contribution in [0.3, 0.4) is 0 Å². The second-order valence-corrected chi connectivity index (χ2v) is 1.30. The van der Waals surface area contributed by atoms with Crippen LogP contribution in [0.4, 0.5) is 8.39 Å². The minimum Gasteiger partial charge on any atom is -0.296 e. The maximum absolute atomic E-state index is 10.1. The van der Waals surface area contributed by atoms with Gasteiger partial charge in [0.25, 0.3) is 0 Å². The van der Waals surface area contributed by atoms with E-state index in [-0.39, 0.29) is 51.4 Å². The Balaban J connectivity index is 0. The molecule has 1 radical (unpaired) electrons. The van der Waals surface area contributed by atoms with Crippen molar-refractivity contribution < 1.29 is 17.9 Å². The fourth-order valence-corrected chi connectivity index (χ4v) is 0. The zero-order valence-electron chi connectivity index (χ0n) is 3.06. The molecule has 0 amide bonds. The van der Waals surface area contributed by atoms with Crippen LogP contribution in [0.1, 0.15) is 0 Å². The maximum atomic E-state index is 10.1. The normalized spacial score (nSPS) is 9.83. The molecular formula is HF2KO2P. The number of rotatable bonds is 0. The molecule has 6 heteroatoms. The molecule has 0 aliphatic heterocycles. The molecule has 0 saturated heterocycles. The third-order valence-corrected chi connectivity index (χ3v) is 0. The number of hydrogen-bond acceptors (Lipinski definition) is 1. The monoisotopic (exact) mass is 141 g/mol. The summed E-state index contributed by atoms with van der Waals surface area (Å²) in [6.45, 7) is 0. The molecule has 0 saturated carbocycles. The Morgan fingerprint density at radius 1 is 1.50 bits per heavy atom. The standard InChI is InChI=1S/F2HO2P.K/c1-5(2,3)4;/h(H,3,4);. The summed E-state index contributed by atoms with van der Waals surface area (Å²) in [7, 11) is -5.64. The summed E-state index contributed by atoms with van der Waals surface area (Å²) >= 11 is 0. The average molecular weight is 141 g/mol. The van der Waals surface area contributed by atoms with Crippen molar-refractivity contribution in [2.75, 3.05) is 0 Å². The van der Waals surface area contributed by atoms with Gasteiger partial charge in [-0.3, -0.25) is 4.89 Å². The quantitative estimate of drug-likeness (QED) is 0.397. The number of hydrogen-bond donors (Lipinski definition) is 1.